The van der Waals surface area contributed by atoms with E-state index in [1.54, 1.807) is 25.1 Å². The molecular weight excluding hydrogens is 295 g/mol. The van der Waals surface area contributed by atoms with Crippen LogP contribution >= 0.6 is 0 Å². The number of nitrogens with zero attached hydrogens (tertiary/aromatic N) is 1. The zero-order valence-electron chi connectivity index (χ0n) is 12.8. The Bertz CT molecular complexity index is 809. The van der Waals surface area contributed by atoms with E-state index in [0.29, 0.717) is 5.56 Å². The summed E-state index contributed by atoms with van der Waals surface area (Å²) < 4.78 is 13.8. The third-order valence-electron chi connectivity index (χ3n) is 3.50. The maximum atomic E-state index is 13.8. The topological polar surface area (TPSA) is 70.0 Å². The number of hydrogen-bond donors (Lipinski definition) is 1. The first-order valence-corrected chi connectivity index (χ1v) is 7.00. The van der Waals surface area contributed by atoms with Crippen molar-refractivity contribution >= 4 is 11.7 Å². The minimum absolute atomic E-state index is 0.0993. The molecule has 0 heterocycles. The van der Waals surface area contributed by atoms with Crippen molar-refractivity contribution in [2.45, 2.75) is 19.9 Å². The summed E-state index contributed by atoms with van der Waals surface area (Å²) in [5.41, 5.74) is 1.55. The van der Waals surface area contributed by atoms with E-state index in [1.165, 1.54) is 31.2 Å². The fourth-order valence-electron chi connectivity index (χ4n) is 2.25. The lowest BCUT2D eigenvalue weighted by Crippen LogP contribution is -2.28. The molecule has 116 valence electrons. The standard InChI is InChI=1S/C18H15FN2O2/c1-11-7-8-13(9-15(11)12(2)22)18(23)21-17(10-20)14-5-3-4-6-16(14)19/h3-9,17H,1-2H3,(H,21,23)/t17-/m1/s1. The molecule has 0 radical (unpaired) electrons. The number of rotatable bonds is 4. The summed E-state index contributed by atoms with van der Waals surface area (Å²) in [6.07, 6.45) is 0. The fraction of sp³-hybridized carbons (Fsp3) is 0.167. The average Bonchev–Trinajstić information content (AvgIpc) is 2.53. The molecule has 2 aromatic rings. The molecule has 2 aromatic carbocycles. The number of ketones is 1. The van der Waals surface area contributed by atoms with Crippen molar-refractivity contribution in [3.05, 3.63) is 70.5 Å². The Hall–Kier alpha value is -3.00. The molecule has 0 aromatic heterocycles. The predicted molar refractivity (Wildman–Crippen MR) is 83.4 cm³/mol. The van der Waals surface area contributed by atoms with Crippen molar-refractivity contribution in [3.8, 4) is 6.07 Å². The second kappa shape index (κ2) is 6.84. The van der Waals surface area contributed by atoms with Crippen LogP contribution in [0.15, 0.2) is 42.5 Å². The molecule has 0 aliphatic rings. The van der Waals surface area contributed by atoms with Crippen LogP contribution in [-0.2, 0) is 0 Å². The van der Waals surface area contributed by atoms with Gasteiger partial charge in [0.2, 0.25) is 0 Å². The molecule has 4 nitrogen and oxygen atoms in total. The number of Topliss-reactive ketones (excluding diaryl/α,β-unsaturated/α-hetero) is 1. The highest BCUT2D eigenvalue weighted by Crippen LogP contribution is 2.18. The third-order valence-corrected chi connectivity index (χ3v) is 3.50. The van der Waals surface area contributed by atoms with Crippen molar-refractivity contribution in [2.75, 3.05) is 0 Å². The quantitative estimate of drug-likeness (QED) is 0.881. The monoisotopic (exact) mass is 310 g/mol. The maximum Gasteiger partial charge on any atom is 0.252 e. The Labute approximate surface area is 133 Å². The number of carbonyl (C=O) groups excluding carboxylic acids is 2. The van der Waals surface area contributed by atoms with Crippen LogP contribution < -0.4 is 5.32 Å². The molecular formula is C18H15FN2O2. The first kappa shape index (κ1) is 16.4. The predicted octanol–water partition coefficient (Wildman–Crippen LogP) is 3.33. The van der Waals surface area contributed by atoms with E-state index in [-0.39, 0.29) is 16.9 Å². The Morgan fingerprint density at radius 1 is 1.22 bits per heavy atom. The molecule has 0 fully saturated rings. The molecule has 0 unspecified atom stereocenters. The molecule has 5 heteroatoms. The number of halogens is 1. The van der Waals surface area contributed by atoms with Crippen LogP contribution in [0.1, 0.15) is 44.8 Å². The molecule has 1 amide bonds. The molecule has 23 heavy (non-hydrogen) atoms. The van der Waals surface area contributed by atoms with Gasteiger partial charge in [0.1, 0.15) is 11.9 Å². The maximum absolute atomic E-state index is 13.8. The summed E-state index contributed by atoms with van der Waals surface area (Å²) in [6, 6.07) is 11.2. The summed E-state index contributed by atoms with van der Waals surface area (Å²) >= 11 is 0. The van der Waals surface area contributed by atoms with Crippen LogP contribution in [0.4, 0.5) is 4.39 Å². The number of aryl methyl sites for hydroxylation is 1. The van der Waals surface area contributed by atoms with Gasteiger partial charge in [-0.1, -0.05) is 24.3 Å². The highest BCUT2D eigenvalue weighted by Gasteiger charge is 2.19. The van der Waals surface area contributed by atoms with Crippen molar-refractivity contribution in [2.24, 2.45) is 0 Å². The molecule has 2 rings (SSSR count). The zero-order valence-corrected chi connectivity index (χ0v) is 12.8. The van der Waals surface area contributed by atoms with Gasteiger partial charge in [0.15, 0.2) is 5.78 Å². The summed E-state index contributed by atoms with van der Waals surface area (Å²) in [6.45, 7) is 3.19. The number of carbonyl (C=O) groups is 2. The van der Waals surface area contributed by atoms with Gasteiger partial charge in [-0.2, -0.15) is 5.26 Å². The molecule has 1 N–H and O–H groups in total. The van der Waals surface area contributed by atoms with E-state index < -0.39 is 17.8 Å². The smallest absolute Gasteiger partial charge is 0.252 e. The molecule has 0 saturated heterocycles. The normalized spacial score (nSPS) is 11.4. The van der Waals surface area contributed by atoms with Gasteiger partial charge in [0.05, 0.1) is 6.07 Å². The van der Waals surface area contributed by atoms with Crippen molar-refractivity contribution in [1.29, 1.82) is 5.26 Å². The van der Waals surface area contributed by atoms with Gasteiger partial charge in [-0.3, -0.25) is 9.59 Å². The number of benzene rings is 2. The van der Waals surface area contributed by atoms with Crippen LogP contribution in [0.5, 0.6) is 0 Å². The second-order valence-corrected chi connectivity index (χ2v) is 5.14. The van der Waals surface area contributed by atoms with Crippen molar-refractivity contribution in [1.82, 2.24) is 5.32 Å². The van der Waals surface area contributed by atoms with Gasteiger partial charge in [-0.25, -0.2) is 4.39 Å². The molecule has 1 atom stereocenters. The van der Waals surface area contributed by atoms with Gasteiger partial charge >= 0.3 is 0 Å². The van der Waals surface area contributed by atoms with Crippen LogP contribution in [0.3, 0.4) is 0 Å². The Morgan fingerprint density at radius 2 is 1.91 bits per heavy atom. The van der Waals surface area contributed by atoms with Gasteiger partial charge < -0.3 is 5.32 Å². The molecule has 0 bridgehead atoms. The molecule has 0 aliphatic heterocycles. The summed E-state index contributed by atoms with van der Waals surface area (Å²) in [4.78, 5) is 23.8. The Kier molecular flexibility index (Phi) is 4.87. The lowest BCUT2D eigenvalue weighted by Gasteiger charge is -2.13. The number of hydrogen-bond acceptors (Lipinski definition) is 3. The van der Waals surface area contributed by atoms with Crippen molar-refractivity contribution in [3.63, 3.8) is 0 Å². The number of amides is 1. The van der Waals surface area contributed by atoms with E-state index >= 15 is 0 Å². The summed E-state index contributed by atoms with van der Waals surface area (Å²) in [5.74, 6) is -1.25. The second-order valence-electron chi connectivity index (χ2n) is 5.14. The van der Waals surface area contributed by atoms with E-state index in [0.717, 1.165) is 5.56 Å². The summed E-state index contributed by atoms with van der Waals surface area (Å²) in [5, 5.41) is 11.7. The van der Waals surface area contributed by atoms with E-state index in [1.807, 2.05) is 6.07 Å². The van der Waals surface area contributed by atoms with Crippen LogP contribution in [0.25, 0.3) is 0 Å². The lowest BCUT2D eigenvalue weighted by molar-refractivity contribution is 0.0944. The van der Waals surface area contributed by atoms with Gasteiger partial charge in [0, 0.05) is 16.7 Å². The first-order valence-electron chi connectivity index (χ1n) is 7.00. The number of nitriles is 1. The summed E-state index contributed by atoms with van der Waals surface area (Å²) in [7, 11) is 0. The van der Waals surface area contributed by atoms with Crippen LogP contribution in [0, 0.1) is 24.1 Å². The average molecular weight is 310 g/mol. The highest BCUT2D eigenvalue weighted by molar-refractivity contribution is 6.00. The SMILES string of the molecule is CC(=O)c1cc(C(=O)N[C@H](C#N)c2ccccc2F)ccc1C. The van der Waals surface area contributed by atoms with E-state index in [2.05, 4.69) is 5.32 Å². The molecule has 0 spiro atoms. The van der Waals surface area contributed by atoms with E-state index in [4.69, 9.17) is 0 Å². The largest absolute Gasteiger partial charge is 0.332 e. The zero-order chi connectivity index (χ0) is 17.0. The third kappa shape index (κ3) is 3.61. The number of nitrogens with one attached hydrogen (secondary N) is 1. The Balaban J connectivity index is 2.28. The lowest BCUT2D eigenvalue weighted by atomic mass is 10.0. The van der Waals surface area contributed by atoms with Crippen molar-refractivity contribution < 1.29 is 14.0 Å². The van der Waals surface area contributed by atoms with Gasteiger partial charge in [-0.15, -0.1) is 0 Å². The first-order chi connectivity index (χ1) is 10.9. The molecule has 0 saturated carbocycles. The minimum atomic E-state index is -1.11. The van der Waals surface area contributed by atoms with E-state index in [9.17, 15) is 19.2 Å². The minimum Gasteiger partial charge on any atom is -0.332 e. The Morgan fingerprint density at radius 3 is 2.52 bits per heavy atom. The van der Waals surface area contributed by atoms with Gasteiger partial charge in [0.25, 0.3) is 5.91 Å². The highest BCUT2D eigenvalue weighted by atomic mass is 19.1. The molecule has 0 aliphatic carbocycles. The fourth-order valence-corrected chi connectivity index (χ4v) is 2.25. The van der Waals surface area contributed by atoms with Gasteiger partial charge in [-0.05, 0) is 37.6 Å². The van der Waals surface area contributed by atoms with Crippen LogP contribution in [0.2, 0.25) is 0 Å². The van der Waals surface area contributed by atoms with Crippen LogP contribution in [-0.4, -0.2) is 11.7 Å².